The number of imide groups is 2. The van der Waals surface area contributed by atoms with Crippen molar-refractivity contribution in [1.29, 1.82) is 0 Å². The average Bonchev–Trinajstić information content (AvgIpc) is 3.01. The number of carbonyl (C=O) groups is 3. The summed E-state index contributed by atoms with van der Waals surface area (Å²) in [6.07, 6.45) is 1.94. The number of hydrogen-bond donors (Lipinski definition) is 1. The normalized spacial score (nSPS) is 23.7. The van der Waals surface area contributed by atoms with Gasteiger partial charge >= 0.3 is 6.03 Å². The molecule has 1 aromatic heterocycles. The molecule has 218 valence electrons. The lowest BCUT2D eigenvalue weighted by Crippen LogP contribution is -2.68. The summed E-state index contributed by atoms with van der Waals surface area (Å²) < 4.78 is 1.88. The first kappa shape index (κ1) is 27.3. The van der Waals surface area contributed by atoms with Gasteiger partial charge in [-0.3, -0.25) is 19.7 Å². The molecule has 0 saturated carbocycles. The fourth-order valence-corrected chi connectivity index (χ4v) is 7.42. The molecule has 8 nitrogen and oxygen atoms in total. The van der Waals surface area contributed by atoms with Gasteiger partial charge in [-0.1, -0.05) is 67.6 Å². The van der Waals surface area contributed by atoms with Gasteiger partial charge in [0.15, 0.2) is 0 Å². The highest BCUT2D eigenvalue weighted by Crippen LogP contribution is 2.40. The summed E-state index contributed by atoms with van der Waals surface area (Å²) in [4.78, 5) is 58.0. The minimum absolute atomic E-state index is 0.0122. The van der Waals surface area contributed by atoms with Gasteiger partial charge in [0.1, 0.15) is 5.41 Å². The van der Waals surface area contributed by atoms with Gasteiger partial charge in [-0.2, -0.15) is 0 Å². The molecule has 3 unspecified atom stereocenters. The van der Waals surface area contributed by atoms with Crippen molar-refractivity contribution < 1.29 is 14.4 Å². The Morgan fingerprint density at radius 3 is 2.42 bits per heavy atom. The van der Waals surface area contributed by atoms with E-state index >= 15 is 0 Å². The maximum Gasteiger partial charge on any atom is 0.335 e. The summed E-state index contributed by atoms with van der Waals surface area (Å²) in [5.74, 6) is -0.728. The van der Waals surface area contributed by atoms with Crippen LogP contribution < -0.4 is 15.8 Å². The first-order valence-electron chi connectivity index (χ1n) is 15.0. The van der Waals surface area contributed by atoms with Gasteiger partial charge in [0.05, 0.1) is 5.69 Å². The average molecular weight is 575 g/mol. The van der Waals surface area contributed by atoms with Crippen LogP contribution in [-0.2, 0) is 29.0 Å². The highest BCUT2D eigenvalue weighted by Gasteiger charge is 2.56. The van der Waals surface area contributed by atoms with Crippen molar-refractivity contribution in [2.45, 2.75) is 38.6 Å². The summed E-state index contributed by atoms with van der Waals surface area (Å²) in [6.45, 7) is 4.12. The number of amides is 4. The number of nitrogens with zero attached hydrogens (tertiary/aromatic N) is 3. The molecular weight excluding hydrogens is 540 g/mol. The number of hydrogen-bond acceptors (Lipinski definition) is 5. The minimum atomic E-state index is -1.54. The van der Waals surface area contributed by atoms with Gasteiger partial charge in [0.25, 0.3) is 11.5 Å². The molecule has 7 rings (SSSR count). The molecule has 8 heteroatoms. The molecule has 2 saturated heterocycles. The van der Waals surface area contributed by atoms with Crippen LogP contribution in [0.3, 0.4) is 0 Å². The van der Waals surface area contributed by atoms with Crippen molar-refractivity contribution in [2.24, 2.45) is 11.3 Å². The van der Waals surface area contributed by atoms with E-state index in [-0.39, 0.29) is 30.4 Å². The zero-order valence-electron chi connectivity index (χ0n) is 24.2. The molecule has 3 atom stereocenters. The van der Waals surface area contributed by atoms with Crippen LogP contribution in [0.4, 0.5) is 10.5 Å². The van der Waals surface area contributed by atoms with Crippen molar-refractivity contribution in [3.05, 3.63) is 112 Å². The van der Waals surface area contributed by atoms with Gasteiger partial charge in [0, 0.05) is 43.9 Å². The third-order valence-electron chi connectivity index (χ3n) is 9.49. The van der Waals surface area contributed by atoms with Crippen molar-refractivity contribution in [3.63, 3.8) is 0 Å². The number of fused-ring (bicyclic) bond motifs is 5. The summed E-state index contributed by atoms with van der Waals surface area (Å²) >= 11 is 0. The van der Waals surface area contributed by atoms with Crippen molar-refractivity contribution in [2.75, 3.05) is 24.5 Å². The van der Waals surface area contributed by atoms with Crippen molar-refractivity contribution >= 4 is 34.3 Å². The highest BCUT2D eigenvalue weighted by atomic mass is 16.2. The fraction of sp³-hybridized carbons (Fsp3) is 0.314. The zero-order valence-corrected chi connectivity index (χ0v) is 24.2. The summed E-state index contributed by atoms with van der Waals surface area (Å²) in [5.41, 5.74) is 1.89. The lowest BCUT2D eigenvalue weighted by Gasteiger charge is -2.47. The number of nitrogens with one attached hydrogen (secondary N) is 1. The molecule has 2 fully saturated rings. The molecule has 4 heterocycles. The summed E-state index contributed by atoms with van der Waals surface area (Å²) in [6, 6.07) is 25.9. The van der Waals surface area contributed by atoms with E-state index in [0.29, 0.717) is 25.3 Å². The van der Waals surface area contributed by atoms with Crippen molar-refractivity contribution in [1.82, 2.24) is 14.8 Å². The highest BCUT2D eigenvalue weighted by molar-refractivity contribution is 6.30. The van der Waals surface area contributed by atoms with E-state index in [1.54, 1.807) is 24.3 Å². The van der Waals surface area contributed by atoms with Crippen LogP contribution in [-0.4, -0.2) is 46.9 Å². The largest absolute Gasteiger partial charge is 0.335 e. The van der Waals surface area contributed by atoms with Gasteiger partial charge in [-0.25, -0.2) is 9.69 Å². The molecule has 3 aromatic carbocycles. The van der Waals surface area contributed by atoms with Gasteiger partial charge in [-0.15, -0.1) is 0 Å². The predicted octanol–water partition coefficient (Wildman–Crippen LogP) is 4.50. The number of urea groups is 1. The number of anilines is 1. The Labute approximate surface area is 249 Å². The molecule has 4 aromatic rings. The van der Waals surface area contributed by atoms with Crippen LogP contribution in [0.2, 0.25) is 0 Å². The van der Waals surface area contributed by atoms with Crippen molar-refractivity contribution in [3.8, 4) is 0 Å². The van der Waals surface area contributed by atoms with Gasteiger partial charge in [0.2, 0.25) is 5.91 Å². The van der Waals surface area contributed by atoms with Crippen LogP contribution in [0.25, 0.3) is 10.8 Å². The Kier molecular flexibility index (Phi) is 6.73. The molecule has 3 aliphatic heterocycles. The Morgan fingerprint density at radius 2 is 1.60 bits per heavy atom. The van der Waals surface area contributed by atoms with E-state index in [2.05, 4.69) is 10.2 Å². The standard InChI is InChI=1S/C35H34N4O4/c1-2-23-13-15-28(16-14-23)39-33(42)35(32(41)36-34(39)43,18-26-9-5-8-25-7-3-4-10-29(25)26)22-37-19-24-17-27(21-37)30-11-6-12-31(40)38(30)20-24/h3-16,24,27H,2,17-22H2,1H3,(H,36,41,43). The molecular formula is C35H34N4O4. The Balaban J connectivity index is 1.30. The lowest BCUT2D eigenvalue weighted by molar-refractivity contribution is -0.144. The first-order valence-corrected chi connectivity index (χ1v) is 15.0. The second-order valence-corrected chi connectivity index (χ2v) is 12.2. The molecule has 0 spiro atoms. The molecule has 1 N–H and O–H groups in total. The van der Waals surface area contributed by atoms with E-state index in [9.17, 15) is 19.2 Å². The number of likely N-dealkylation sites (tertiary alicyclic amines) is 1. The number of rotatable bonds is 6. The minimum Gasteiger partial charge on any atom is -0.312 e. The summed E-state index contributed by atoms with van der Waals surface area (Å²) in [7, 11) is 0. The van der Waals surface area contributed by atoms with E-state index in [1.165, 1.54) is 0 Å². The maximum absolute atomic E-state index is 14.7. The molecule has 0 radical (unpaired) electrons. The quantitative estimate of drug-likeness (QED) is 0.343. The molecule has 3 aliphatic rings. The monoisotopic (exact) mass is 574 g/mol. The number of pyridine rings is 1. The van der Waals surface area contributed by atoms with Crippen LogP contribution in [0.5, 0.6) is 0 Å². The predicted molar refractivity (Wildman–Crippen MR) is 165 cm³/mol. The molecule has 2 bridgehead atoms. The second-order valence-electron chi connectivity index (χ2n) is 12.2. The fourth-order valence-electron chi connectivity index (χ4n) is 7.42. The van der Waals surface area contributed by atoms with Crippen LogP contribution in [0.15, 0.2) is 89.7 Å². The number of benzene rings is 3. The number of carbonyl (C=O) groups excluding carboxylic acids is 3. The second kappa shape index (κ2) is 10.6. The number of piperidine rings is 1. The van der Waals surface area contributed by atoms with E-state index in [0.717, 1.165) is 45.3 Å². The molecule has 4 amide bonds. The van der Waals surface area contributed by atoms with Crippen LogP contribution in [0, 0.1) is 11.3 Å². The third kappa shape index (κ3) is 4.66. The van der Waals surface area contributed by atoms with E-state index in [1.807, 2.05) is 72.2 Å². The van der Waals surface area contributed by atoms with E-state index in [4.69, 9.17) is 0 Å². The number of aryl methyl sites for hydroxylation is 1. The van der Waals surface area contributed by atoms with Gasteiger partial charge in [-0.05, 0) is 65.3 Å². The number of aromatic nitrogens is 1. The smallest absolute Gasteiger partial charge is 0.312 e. The van der Waals surface area contributed by atoms with E-state index < -0.39 is 23.3 Å². The van der Waals surface area contributed by atoms with Crippen LogP contribution in [0.1, 0.15) is 36.1 Å². The SMILES string of the molecule is CCc1ccc(N2C(=O)NC(=O)C(Cc3cccc4ccccc34)(CN3CC4CC(C3)c3cccc(=O)n3C4)C2=O)cc1. The Hall–Kier alpha value is -4.56. The lowest BCUT2D eigenvalue weighted by atomic mass is 9.75. The number of barbiturate groups is 1. The Bertz CT molecular complexity index is 1810. The Morgan fingerprint density at radius 1 is 0.837 bits per heavy atom. The maximum atomic E-state index is 14.7. The van der Waals surface area contributed by atoms with Crippen LogP contribution >= 0.6 is 0 Å². The summed E-state index contributed by atoms with van der Waals surface area (Å²) in [5, 5.41) is 4.57. The van der Waals surface area contributed by atoms with Gasteiger partial charge < -0.3 is 9.47 Å². The molecule has 0 aliphatic carbocycles. The topological polar surface area (TPSA) is 91.7 Å². The first-order chi connectivity index (χ1) is 20.9. The molecule has 43 heavy (non-hydrogen) atoms. The third-order valence-corrected chi connectivity index (χ3v) is 9.49. The zero-order chi connectivity index (χ0) is 29.7.